The summed E-state index contributed by atoms with van der Waals surface area (Å²) in [5, 5.41) is 14.0. The minimum atomic E-state index is -4.87. The maximum absolute atomic E-state index is 14.2. The molecular formula is C38H44ClF6N9O5S. The Balaban J connectivity index is 0.00000683. The van der Waals surface area contributed by atoms with Gasteiger partial charge in [0.2, 0.25) is 17.7 Å². The number of piperidine rings is 1. The third-order valence-electron chi connectivity index (χ3n) is 11.2. The van der Waals surface area contributed by atoms with E-state index in [1.54, 1.807) is 29.7 Å². The summed E-state index contributed by atoms with van der Waals surface area (Å²) in [5.74, 6) is -2.59. The number of anilines is 2. The maximum Gasteiger partial charge on any atom is 0.419 e. The van der Waals surface area contributed by atoms with Gasteiger partial charge in [-0.1, -0.05) is 0 Å². The number of thiocarbonyl (C=S) groups is 1. The van der Waals surface area contributed by atoms with Crippen LogP contribution in [0.1, 0.15) is 81.5 Å². The van der Waals surface area contributed by atoms with Crippen LogP contribution in [-0.4, -0.2) is 123 Å². The number of nitrogens with zero attached hydrogens (tertiary/aromatic N) is 7. The van der Waals surface area contributed by atoms with Gasteiger partial charge < -0.3 is 19.9 Å². The van der Waals surface area contributed by atoms with E-state index in [1.807, 2.05) is 0 Å². The van der Waals surface area contributed by atoms with Crippen molar-refractivity contribution >= 4 is 64.9 Å². The fourth-order valence-corrected chi connectivity index (χ4v) is 8.80. The predicted molar refractivity (Wildman–Crippen MR) is 210 cm³/mol. The van der Waals surface area contributed by atoms with Gasteiger partial charge in [-0.25, -0.2) is 9.97 Å². The summed E-state index contributed by atoms with van der Waals surface area (Å²) >= 11 is 5.65. The molecule has 1 aliphatic carbocycles. The number of hydrogen-bond acceptors (Lipinski definition) is 11. The van der Waals surface area contributed by atoms with Crippen molar-refractivity contribution in [2.45, 2.75) is 101 Å². The molecule has 2 atom stereocenters. The summed E-state index contributed by atoms with van der Waals surface area (Å²) in [6.45, 7) is 3.37. The van der Waals surface area contributed by atoms with Gasteiger partial charge in [0, 0.05) is 51.4 Å². The molecule has 0 bridgehead atoms. The molecule has 1 unspecified atom stereocenters. The summed E-state index contributed by atoms with van der Waals surface area (Å²) in [6, 6.07) is 3.09. The van der Waals surface area contributed by atoms with Crippen LogP contribution < -0.4 is 15.5 Å². The van der Waals surface area contributed by atoms with Crippen LogP contribution in [0.4, 0.5) is 37.8 Å². The number of halogens is 7. The smallest absolute Gasteiger partial charge is 0.378 e. The van der Waals surface area contributed by atoms with Crippen LogP contribution in [-0.2, 0) is 30.1 Å². The Morgan fingerprint density at radius 1 is 1.07 bits per heavy atom. The first-order valence-electron chi connectivity index (χ1n) is 19.2. The highest BCUT2D eigenvalue weighted by Gasteiger charge is 2.53. The van der Waals surface area contributed by atoms with Crippen LogP contribution >= 0.6 is 24.6 Å². The van der Waals surface area contributed by atoms with E-state index in [9.17, 15) is 45.5 Å². The van der Waals surface area contributed by atoms with Gasteiger partial charge in [-0.05, 0) is 88.4 Å². The van der Waals surface area contributed by atoms with Gasteiger partial charge in [0.15, 0.2) is 10.8 Å². The van der Waals surface area contributed by atoms with Crippen LogP contribution in [0.15, 0.2) is 30.6 Å². The van der Waals surface area contributed by atoms with Crippen LogP contribution in [0.3, 0.4) is 0 Å². The molecule has 60 heavy (non-hydrogen) atoms. The molecule has 4 aliphatic rings. The maximum atomic E-state index is 14.2. The summed E-state index contributed by atoms with van der Waals surface area (Å²) in [5.41, 5.74) is -2.92. The van der Waals surface area contributed by atoms with E-state index in [0.717, 1.165) is 16.0 Å². The van der Waals surface area contributed by atoms with Crippen molar-refractivity contribution in [3.8, 4) is 6.07 Å². The highest BCUT2D eigenvalue weighted by molar-refractivity contribution is 7.80. The number of hydrogen-bond donors (Lipinski definition) is 2. The molecule has 5 heterocycles. The summed E-state index contributed by atoms with van der Waals surface area (Å²) in [4.78, 5) is 63.5. The average Bonchev–Trinajstić information content (AvgIpc) is 3.34. The third-order valence-corrected chi connectivity index (χ3v) is 11.6. The fourth-order valence-electron chi connectivity index (χ4n) is 8.23. The van der Waals surface area contributed by atoms with Crippen molar-refractivity contribution in [1.29, 1.82) is 5.26 Å². The van der Waals surface area contributed by atoms with Crippen molar-refractivity contribution < 1.29 is 50.3 Å². The second-order valence-corrected chi connectivity index (χ2v) is 15.9. The van der Waals surface area contributed by atoms with E-state index in [1.165, 1.54) is 18.3 Å². The zero-order chi connectivity index (χ0) is 42.9. The molecule has 0 radical (unpaired) electrons. The molecule has 22 heteroatoms. The molecule has 2 aromatic rings. The quantitative estimate of drug-likeness (QED) is 0.136. The van der Waals surface area contributed by atoms with E-state index in [0.29, 0.717) is 63.4 Å². The molecule has 14 nitrogen and oxygen atoms in total. The lowest BCUT2D eigenvalue weighted by Crippen LogP contribution is -2.60. The first-order valence-corrected chi connectivity index (χ1v) is 19.6. The number of piperazine rings is 1. The van der Waals surface area contributed by atoms with Crippen LogP contribution in [0, 0.1) is 11.3 Å². The van der Waals surface area contributed by atoms with Gasteiger partial charge in [-0.2, -0.15) is 31.6 Å². The van der Waals surface area contributed by atoms with Crippen molar-refractivity contribution in [2.24, 2.45) is 0 Å². The number of imide groups is 1. The number of aromatic nitrogens is 2. The van der Waals surface area contributed by atoms with E-state index in [2.05, 4.69) is 20.6 Å². The molecule has 3 aliphatic heterocycles. The number of carbonyl (C=O) groups is 4. The Morgan fingerprint density at radius 3 is 2.43 bits per heavy atom. The van der Waals surface area contributed by atoms with Gasteiger partial charge in [-0.15, -0.1) is 12.4 Å². The van der Waals surface area contributed by atoms with Gasteiger partial charge in [-0.3, -0.25) is 34.3 Å². The van der Waals surface area contributed by atoms with E-state index in [4.69, 9.17) is 22.2 Å². The average molecular weight is 888 g/mol. The molecule has 0 aromatic carbocycles. The zero-order valence-electron chi connectivity index (χ0n) is 32.6. The number of rotatable bonds is 11. The van der Waals surface area contributed by atoms with E-state index in [-0.39, 0.29) is 73.0 Å². The fraction of sp³-hybridized carbons (Fsp3) is 0.579. The Labute approximate surface area is 353 Å². The highest BCUT2D eigenvalue weighted by atomic mass is 35.5. The second kappa shape index (κ2) is 18.6. The van der Waals surface area contributed by atoms with Gasteiger partial charge >= 0.3 is 12.4 Å². The largest absolute Gasteiger partial charge is 0.419 e. The molecule has 2 N–H and O–H groups in total. The van der Waals surface area contributed by atoms with E-state index >= 15 is 0 Å². The summed E-state index contributed by atoms with van der Waals surface area (Å²) in [6.07, 6.45) is -3.98. The first kappa shape index (κ1) is 46.6. The predicted octanol–water partition coefficient (Wildman–Crippen LogP) is 4.93. The Kier molecular flexibility index (Phi) is 14.5. The Bertz CT molecular complexity index is 2010. The molecule has 326 valence electrons. The summed E-state index contributed by atoms with van der Waals surface area (Å²) < 4.78 is 89.8. The lowest BCUT2D eigenvalue weighted by molar-refractivity contribution is -0.197. The standard InChI is InChI=1S/C38H43F6N9O5S.ClH/c1-36(2)34(57)52(24-17-27(37(39,40)41)28(18-45)47-19-24)35(59)53(36)23-4-6-25(7-5-23)58-15-3-12-50-13-14-51(29(20-50)38(42,43)44)21-32(55)48-30-16-22(10-11-46-30)26-8-9-31(54)49-33(26)56;/h10-11,16-17,19,23,25-26,29H,3-9,12-15,20-21H2,1-2H3,(H,46,48,55)(H,49,54,56);1H/t23?,25?,26?,29-;/m1./s1. The number of amides is 4. The van der Waals surface area contributed by atoms with Crippen molar-refractivity contribution in [1.82, 2.24) is 30.0 Å². The SMILES string of the molecule is CC1(C)C(=O)N(c2cnc(C#N)c(C(F)(F)F)c2)C(=S)N1C1CCC(OCCCN2CCN(CC(=O)Nc3cc(C4CCC(=O)NC4=O)ccn3)[C@@H](C(F)(F)F)C2)CC1.Cl. The normalized spacial score (nSPS) is 24.2. The van der Waals surface area contributed by atoms with Crippen molar-refractivity contribution in [2.75, 3.05) is 49.5 Å². The van der Waals surface area contributed by atoms with E-state index < -0.39 is 65.4 Å². The van der Waals surface area contributed by atoms with Crippen LogP contribution in [0.5, 0.6) is 0 Å². The minimum absolute atomic E-state index is 0. The zero-order valence-corrected chi connectivity index (χ0v) is 34.3. The highest BCUT2D eigenvalue weighted by Crippen LogP contribution is 2.40. The lowest BCUT2D eigenvalue weighted by Gasteiger charge is -2.42. The number of pyridine rings is 2. The topological polar surface area (TPSA) is 164 Å². The van der Waals surface area contributed by atoms with Crippen molar-refractivity contribution in [3.63, 3.8) is 0 Å². The van der Waals surface area contributed by atoms with Crippen molar-refractivity contribution in [3.05, 3.63) is 47.4 Å². The second-order valence-electron chi connectivity index (χ2n) is 15.6. The monoisotopic (exact) mass is 887 g/mol. The van der Waals surface area contributed by atoms with Gasteiger partial charge in [0.1, 0.15) is 23.5 Å². The molecular weight excluding hydrogens is 844 g/mol. The molecule has 2 aromatic heterocycles. The molecule has 3 saturated heterocycles. The number of ether oxygens (including phenoxy) is 1. The van der Waals surface area contributed by atoms with Gasteiger partial charge in [0.05, 0.1) is 36.0 Å². The molecule has 4 amide bonds. The number of alkyl halides is 6. The lowest BCUT2D eigenvalue weighted by atomic mass is 9.89. The Hall–Kier alpha value is -4.49. The molecule has 1 saturated carbocycles. The van der Waals surface area contributed by atoms with Gasteiger partial charge in [0.25, 0.3) is 5.91 Å². The molecule has 6 rings (SSSR count). The van der Waals surface area contributed by atoms with Crippen LogP contribution in [0.2, 0.25) is 0 Å². The first-order chi connectivity index (χ1) is 27.8. The number of carbonyl (C=O) groups excluding carboxylic acids is 4. The minimum Gasteiger partial charge on any atom is -0.378 e. The number of nitrogens with one attached hydrogen (secondary N) is 2. The van der Waals surface area contributed by atoms with Crippen LogP contribution in [0.25, 0.3) is 0 Å². The third kappa shape index (κ3) is 10.3. The molecule has 0 spiro atoms. The Morgan fingerprint density at radius 2 is 1.78 bits per heavy atom. The summed E-state index contributed by atoms with van der Waals surface area (Å²) in [7, 11) is 0. The molecule has 4 fully saturated rings. The number of nitriles is 1.